The van der Waals surface area contributed by atoms with E-state index in [1.54, 1.807) is 11.3 Å². The van der Waals surface area contributed by atoms with E-state index in [1.165, 1.54) is 16.2 Å². The Morgan fingerprint density at radius 3 is 2.85 bits per heavy atom. The number of likely N-dealkylation sites (N-methyl/N-ethyl adjacent to an activating group) is 1. The number of carbonyl (C=O) groups is 1. The van der Waals surface area contributed by atoms with Gasteiger partial charge in [-0.2, -0.15) is 0 Å². The van der Waals surface area contributed by atoms with E-state index in [2.05, 4.69) is 41.8 Å². The fourth-order valence-electron chi connectivity index (χ4n) is 2.03. The molecule has 0 aromatic carbocycles. The Hall–Kier alpha value is -1.21. The first-order chi connectivity index (χ1) is 9.61. The second kappa shape index (κ2) is 6.99. The Labute approximate surface area is 127 Å². The molecule has 3 N–H and O–H groups in total. The van der Waals surface area contributed by atoms with Crippen LogP contribution in [0.25, 0.3) is 0 Å². The molecule has 0 aliphatic heterocycles. The summed E-state index contributed by atoms with van der Waals surface area (Å²) in [5.74, 6) is 4.99. The minimum atomic E-state index is -0.214. The molecule has 2 rings (SSSR count). The average molecular weight is 309 g/mol. The lowest BCUT2D eigenvalue weighted by Crippen LogP contribution is -2.33. The maximum atomic E-state index is 11.7. The number of nitrogen functional groups attached to an aromatic ring is 1. The zero-order valence-corrected chi connectivity index (χ0v) is 13.3. The minimum absolute atomic E-state index is 0.214. The van der Waals surface area contributed by atoms with Gasteiger partial charge < -0.3 is 0 Å². The SMILES string of the molecule is CC(Cc1cccs1)N(C)Cc1ccsc1C(=O)NN. The molecule has 2 aromatic rings. The van der Waals surface area contributed by atoms with Crippen molar-refractivity contribution in [2.45, 2.75) is 25.9 Å². The molecule has 20 heavy (non-hydrogen) atoms. The Morgan fingerprint density at radius 1 is 1.40 bits per heavy atom. The lowest BCUT2D eigenvalue weighted by atomic mass is 10.1. The van der Waals surface area contributed by atoms with Crippen LogP contribution in [0.1, 0.15) is 27.0 Å². The van der Waals surface area contributed by atoms with E-state index in [4.69, 9.17) is 5.84 Å². The molecule has 0 aliphatic rings. The highest BCUT2D eigenvalue weighted by Crippen LogP contribution is 2.20. The molecule has 0 fully saturated rings. The van der Waals surface area contributed by atoms with Crippen LogP contribution in [0.4, 0.5) is 0 Å². The van der Waals surface area contributed by atoms with Crippen LogP contribution >= 0.6 is 22.7 Å². The van der Waals surface area contributed by atoms with Crippen molar-refractivity contribution < 1.29 is 4.79 Å². The number of nitrogens with two attached hydrogens (primary N) is 1. The van der Waals surface area contributed by atoms with Crippen molar-refractivity contribution in [1.82, 2.24) is 10.3 Å². The smallest absolute Gasteiger partial charge is 0.275 e. The molecular formula is C14H19N3OS2. The number of thiophene rings is 2. The monoisotopic (exact) mass is 309 g/mol. The molecule has 0 saturated carbocycles. The number of hydrazine groups is 1. The van der Waals surface area contributed by atoms with Gasteiger partial charge in [-0.15, -0.1) is 22.7 Å². The quantitative estimate of drug-likeness (QED) is 0.489. The first-order valence-electron chi connectivity index (χ1n) is 6.41. The summed E-state index contributed by atoms with van der Waals surface area (Å²) >= 11 is 3.21. The van der Waals surface area contributed by atoms with E-state index in [9.17, 15) is 4.79 Å². The maximum absolute atomic E-state index is 11.7. The first-order valence-corrected chi connectivity index (χ1v) is 8.17. The van der Waals surface area contributed by atoms with Gasteiger partial charge in [0.05, 0.1) is 4.88 Å². The highest BCUT2D eigenvalue weighted by Gasteiger charge is 2.16. The third-order valence-corrected chi connectivity index (χ3v) is 5.19. The Kier molecular flexibility index (Phi) is 5.31. The molecule has 4 nitrogen and oxygen atoms in total. The van der Waals surface area contributed by atoms with Crippen LogP contribution in [0.2, 0.25) is 0 Å². The van der Waals surface area contributed by atoms with Gasteiger partial charge in [-0.1, -0.05) is 6.07 Å². The Bertz CT molecular complexity index is 551. The summed E-state index contributed by atoms with van der Waals surface area (Å²) in [5.41, 5.74) is 3.23. The fourth-order valence-corrected chi connectivity index (χ4v) is 3.67. The Balaban J connectivity index is 1.99. The Morgan fingerprint density at radius 2 is 2.20 bits per heavy atom. The summed E-state index contributed by atoms with van der Waals surface area (Å²) in [6, 6.07) is 6.65. The average Bonchev–Trinajstić information content (AvgIpc) is 3.09. The third kappa shape index (κ3) is 3.67. The van der Waals surface area contributed by atoms with Gasteiger partial charge in [0.15, 0.2) is 0 Å². The summed E-state index contributed by atoms with van der Waals surface area (Å²) in [5, 5.41) is 4.03. The van der Waals surface area contributed by atoms with Crippen molar-refractivity contribution in [3.8, 4) is 0 Å². The number of hydrogen-bond acceptors (Lipinski definition) is 5. The summed E-state index contributed by atoms with van der Waals surface area (Å²) in [6.45, 7) is 2.95. The van der Waals surface area contributed by atoms with Crippen molar-refractivity contribution in [3.63, 3.8) is 0 Å². The third-order valence-electron chi connectivity index (χ3n) is 3.33. The molecule has 2 heterocycles. The molecule has 0 radical (unpaired) electrons. The molecule has 1 atom stereocenters. The van der Waals surface area contributed by atoms with Crippen LogP contribution in [0.3, 0.4) is 0 Å². The number of nitrogens with one attached hydrogen (secondary N) is 1. The topological polar surface area (TPSA) is 58.4 Å². The zero-order chi connectivity index (χ0) is 14.5. The summed E-state index contributed by atoms with van der Waals surface area (Å²) in [4.78, 5) is 16.0. The molecule has 2 aromatic heterocycles. The van der Waals surface area contributed by atoms with Gasteiger partial charge in [-0.25, -0.2) is 5.84 Å². The van der Waals surface area contributed by atoms with E-state index in [1.807, 2.05) is 11.4 Å². The van der Waals surface area contributed by atoms with Crippen molar-refractivity contribution in [2.24, 2.45) is 5.84 Å². The number of hydrogen-bond donors (Lipinski definition) is 2. The molecule has 6 heteroatoms. The molecule has 0 saturated heterocycles. The van der Waals surface area contributed by atoms with E-state index in [-0.39, 0.29) is 5.91 Å². The number of nitrogens with zero attached hydrogens (tertiary/aromatic N) is 1. The van der Waals surface area contributed by atoms with Crippen molar-refractivity contribution >= 4 is 28.6 Å². The molecule has 108 valence electrons. The van der Waals surface area contributed by atoms with Crippen LogP contribution < -0.4 is 11.3 Å². The number of amides is 1. The second-order valence-corrected chi connectivity index (χ2v) is 6.74. The normalized spacial score (nSPS) is 12.6. The van der Waals surface area contributed by atoms with Crippen LogP contribution in [0.5, 0.6) is 0 Å². The van der Waals surface area contributed by atoms with Gasteiger partial charge in [0.2, 0.25) is 0 Å². The molecule has 0 spiro atoms. The number of carbonyl (C=O) groups excluding carboxylic acids is 1. The molecule has 0 aliphatic carbocycles. The first kappa shape index (κ1) is 15.2. The van der Waals surface area contributed by atoms with Crippen LogP contribution in [-0.2, 0) is 13.0 Å². The lowest BCUT2D eigenvalue weighted by Gasteiger charge is -2.24. The molecule has 0 bridgehead atoms. The van der Waals surface area contributed by atoms with Crippen molar-refractivity contribution in [1.29, 1.82) is 0 Å². The molecule has 1 unspecified atom stereocenters. The number of rotatable bonds is 6. The minimum Gasteiger partial charge on any atom is -0.299 e. The zero-order valence-electron chi connectivity index (χ0n) is 11.6. The van der Waals surface area contributed by atoms with Gasteiger partial charge in [-0.05, 0) is 48.8 Å². The largest absolute Gasteiger partial charge is 0.299 e. The van der Waals surface area contributed by atoms with Gasteiger partial charge in [-0.3, -0.25) is 15.1 Å². The predicted octanol–water partition coefficient (Wildman–Crippen LogP) is 2.48. The van der Waals surface area contributed by atoms with E-state index in [0.29, 0.717) is 10.9 Å². The van der Waals surface area contributed by atoms with Gasteiger partial charge in [0.1, 0.15) is 0 Å². The van der Waals surface area contributed by atoms with Crippen LogP contribution in [-0.4, -0.2) is 23.9 Å². The van der Waals surface area contributed by atoms with Gasteiger partial charge >= 0.3 is 0 Å². The standard InChI is InChI=1S/C14H19N3OS2/c1-10(8-12-4-3-6-19-12)17(2)9-11-5-7-20-13(11)14(18)16-15/h3-7,10H,8-9,15H2,1-2H3,(H,16,18). The summed E-state index contributed by atoms with van der Waals surface area (Å²) in [6.07, 6.45) is 1.02. The predicted molar refractivity (Wildman–Crippen MR) is 84.9 cm³/mol. The molecule has 1 amide bonds. The maximum Gasteiger partial charge on any atom is 0.275 e. The van der Waals surface area contributed by atoms with Crippen LogP contribution in [0, 0.1) is 0 Å². The highest BCUT2D eigenvalue weighted by molar-refractivity contribution is 7.12. The summed E-state index contributed by atoms with van der Waals surface area (Å²) in [7, 11) is 2.08. The van der Waals surface area contributed by atoms with Gasteiger partial charge in [0, 0.05) is 17.5 Å². The second-order valence-electron chi connectivity index (χ2n) is 4.80. The van der Waals surface area contributed by atoms with E-state index < -0.39 is 0 Å². The van der Waals surface area contributed by atoms with Gasteiger partial charge in [0.25, 0.3) is 5.91 Å². The molecular weight excluding hydrogens is 290 g/mol. The lowest BCUT2D eigenvalue weighted by molar-refractivity contribution is 0.0955. The fraction of sp³-hybridized carbons (Fsp3) is 0.357. The summed E-state index contributed by atoms with van der Waals surface area (Å²) < 4.78 is 0. The van der Waals surface area contributed by atoms with Crippen molar-refractivity contribution in [3.05, 3.63) is 44.3 Å². The highest BCUT2D eigenvalue weighted by atomic mass is 32.1. The van der Waals surface area contributed by atoms with Crippen molar-refractivity contribution in [2.75, 3.05) is 7.05 Å². The van der Waals surface area contributed by atoms with E-state index >= 15 is 0 Å². The van der Waals surface area contributed by atoms with E-state index in [0.717, 1.165) is 18.5 Å². The van der Waals surface area contributed by atoms with Crippen LogP contribution in [0.15, 0.2) is 29.0 Å².